The van der Waals surface area contributed by atoms with E-state index in [1.807, 2.05) is 0 Å². The van der Waals surface area contributed by atoms with Crippen molar-refractivity contribution in [2.24, 2.45) is 0 Å². The number of rotatable bonds is 2. The third-order valence-corrected chi connectivity index (χ3v) is 2.37. The summed E-state index contributed by atoms with van der Waals surface area (Å²) in [7, 11) is 1.48. The monoisotopic (exact) mass is 229 g/mol. The molecule has 0 atom stereocenters. The van der Waals surface area contributed by atoms with Gasteiger partial charge in [-0.3, -0.25) is 14.6 Å². The van der Waals surface area contributed by atoms with E-state index in [1.165, 1.54) is 13.1 Å². The van der Waals surface area contributed by atoms with Gasteiger partial charge in [0.1, 0.15) is 5.56 Å². The van der Waals surface area contributed by atoms with Crippen molar-refractivity contribution in [1.82, 2.24) is 15.3 Å². The van der Waals surface area contributed by atoms with Gasteiger partial charge in [-0.25, -0.2) is 0 Å². The molecule has 86 valence electrons. The molecule has 2 rings (SSSR count). The molecule has 0 aliphatic heterocycles. The fraction of sp³-hybridized carbons (Fsp3) is 0.0833. The first-order valence-corrected chi connectivity index (χ1v) is 5.08. The standard InChI is InChI=1S/C12H11N3O2/c1-13-11(16)9-2-3-10(15-12(9)17)8-4-6-14-7-5-8/h2-7H,1H3,(H,13,16)(H,15,17). The molecule has 0 fully saturated rings. The first-order chi connectivity index (χ1) is 8.22. The van der Waals surface area contributed by atoms with Crippen LogP contribution in [0.4, 0.5) is 0 Å². The van der Waals surface area contributed by atoms with Gasteiger partial charge in [0.2, 0.25) is 0 Å². The number of hydrogen-bond donors (Lipinski definition) is 2. The number of hydrogen-bond acceptors (Lipinski definition) is 3. The van der Waals surface area contributed by atoms with E-state index in [1.54, 1.807) is 30.6 Å². The molecule has 2 aromatic rings. The van der Waals surface area contributed by atoms with Crippen molar-refractivity contribution in [1.29, 1.82) is 0 Å². The average molecular weight is 229 g/mol. The quantitative estimate of drug-likeness (QED) is 0.799. The summed E-state index contributed by atoms with van der Waals surface area (Å²) in [6, 6.07) is 6.77. The third kappa shape index (κ3) is 2.23. The van der Waals surface area contributed by atoms with E-state index in [4.69, 9.17) is 0 Å². The number of aromatic nitrogens is 2. The van der Waals surface area contributed by atoms with E-state index in [0.717, 1.165) is 5.56 Å². The van der Waals surface area contributed by atoms with Gasteiger partial charge >= 0.3 is 0 Å². The van der Waals surface area contributed by atoms with E-state index in [0.29, 0.717) is 5.69 Å². The third-order valence-electron chi connectivity index (χ3n) is 2.37. The van der Waals surface area contributed by atoms with Crippen molar-refractivity contribution in [3.8, 4) is 11.3 Å². The lowest BCUT2D eigenvalue weighted by atomic mass is 10.1. The summed E-state index contributed by atoms with van der Waals surface area (Å²) in [5.41, 5.74) is 1.20. The molecule has 0 spiro atoms. The Labute approximate surface area is 97.5 Å². The normalized spacial score (nSPS) is 9.94. The number of H-pyrrole nitrogens is 1. The zero-order valence-corrected chi connectivity index (χ0v) is 9.23. The maximum Gasteiger partial charge on any atom is 0.261 e. The van der Waals surface area contributed by atoms with Gasteiger partial charge in [0.25, 0.3) is 11.5 Å². The maximum absolute atomic E-state index is 11.7. The number of nitrogens with one attached hydrogen (secondary N) is 2. The molecule has 0 aliphatic carbocycles. The van der Waals surface area contributed by atoms with Crippen LogP contribution in [-0.2, 0) is 0 Å². The molecule has 0 radical (unpaired) electrons. The molecule has 0 aromatic carbocycles. The highest BCUT2D eigenvalue weighted by Gasteiger charge is 2.09. The van der Waals surface area contributed by atoms with E-state index >= 15 is 0 Å². The molecule has 2 heterocycles. The number of aromatic amines is 1. The number of pyridine rings is 2. The Kier molecular flexibility index (Phi) is 3.00. The fourth-order valence-corrected chi connectivity index (χ4v) is 1.49. The average Bonchev–Trinajstić information content (AvgIpc) is 2.39. The minimum absolute atomic E-state index is 0.102. The summed E-state index contributed by atoms with van der Waals surface area (Å²) < 4.78 is 0. The van der Waals surface area contributed by atoms with Crippen LogP contribution >= 0.6 is 0 Å². The van der Waals surface area contributed by atoms with Crippen LogP contribution in [0.15, 0.2) is 41.5 Å². The molecule has 2 aromatic heterocycles. The van der Waals surface area contributed by atoms with Gasteiger partial charge in [0.05, 0.1) is 0 Å². The van der Waals surface area contributed by atoms with Crippen LogP contribution in [0.2, 0.25) is 0 Å². The molecule has 2 N–H and O–H groups in total. The SMILES string of the molecule is CNC(=O)c1ccc(-c2ccncc2)[nH]c1=O. The van der Waals surface area contributed by atoms with Crippen LogP contribution in [0.5, 0.6) is 0 Å². The second kappa shape index (κ2) is 4.61. The second-order valence-corrected chi connectivity index (χ2v) is 3.43. The second-order valence-electron chi connectivity index (χ2n) is 3.43. The Morgan fingerprint density at radius 3 is 2.53 bits per heavy atom. The van der Waals surface area contributed by atoms with Crippen LogP contribution in [-0.4, -0.2) is 22.9 Å². The molecule has 5 heteroatoms. The van der Waals surface area contributed by atoms with Crippen molar-refractivity contribution in [3.63, 3.8) is 0 Å². The van der Waals surface area contributed by atoms with E-state index < -0.39 is 11.5 Å². The lowest BCUT2D eigenvalue weighted by Crippen LogP contribution is -2.26. The zero-order valence-electron chi connectivity index (χ0n) is 9.23. The van der Waals surface area contributed by atoms with Crippen molar-refractivity contribution >= 4 is 5.91 Å². The Hall–Kier alpha value is -2.43. The van der Waals surface area contributed by atoms with E-state index in [-0.39, 0.29) is 5.56 Å². The van der Waals surface area contributed by atoms with Crippen molar-refractivity contribution < 1.29 is 4.79 Å². The number of carbonyl (C=O) groups excluding carboxylic acids is 1. The minimum atomic E-state index is -0.404. The van der Waals surface area contributed by atoms with E-state index in [9.17, 15) is 9.59 Å². The summed E-state index contributed by atoms with van der Waals surface area (Å²) in [6.45, 7) is 0. The molecule has 1 amide bonds. The van der Waals surface area contributed by atoms with Gasteiger partial charge < -0.3 is 10.3 Å². The topological polar surface area (TPSA) is 74.8 Å². The molecular formula is C12H11N3O2. The van der Waals surface area contributed by atoms with Crippen LogP contribution < -0.4 is 10.9 Å². The summed E-state index contributed by atoms with van der Waals surface area (Å²) >= 11 is 0. The molecule has 0 bridgehead atoms. The van der Waals surface area contributed by atoms with Gasteiger partial charge in [-0.05, 0) is 24.3 Å². The predicted molar refractivity (Wildman–Crippen MR) is 63.7 cm³/mol. The molecule has 0 saturated heterocycles. The predicted octanol–water partition coefficient (Wildman–Crippen LogP) is 0.796. The summed E-state index contributed by atoms with van der Waals surface area (Å²) in [5.74, 6) is -0.396. The summed E-state index contributed by atoms with van der Waals surface area (Å²) in [5, 5.41) is 2.41. The van der Waals surface area contributed by atoms with Gasteiger partial charge in [0.15, 0.2) is 0 Å². The number of nitrogens with zero attached hydrogens (tertiary/aromatic N) is 1. The minimum Gasteiger partial charge on any atom is -0.355 e. The Morgan fingerprint density at radius 2 is 1.94 bits per heavy atom. The fourth-order valence-electron chi connectivity index (χ4n) is 1.49. The summed E-state index contributed by atoms with van der Waals surface area (Å²) in [6.07, 6.45) is 3.28. The number of amides is 1. The van der Waals surface area contributed by atoms with Crippen LogP contribution in [0.1, 0.15) is 10.4 Å². The highest BCUT2D eigenvalue weighted by Crippen LogP contribution is 2.13. The highest BCUT2D eigenvalue weighted by atomic mass is 16.2. The number of carbonyl (C=O) groups is 1. The van der Waals surface area contributed by atoms with Crippen LogP contribution in [0.3, 0.4) is 0 Å². The van der Waals surface area contributed by atoms with Gasteiger partial charge in [-0.15, -0.1) is 0 Å². The molecule has 0 aliphatic rings. The van der Waals surface area contributed by atoms with Gasteiger partial charge in [-0.2, -0.15) is 0 Å². The lowest BCUT2D eigenvalue weighted by Gasteiger charge is -2.03. The lowest BCUT2D eigenvalue weighted by molar-refractivity contribution is 0.0961. The first kappa shape index (κ1) is 11.1. The summed E-state index contributed by atoms with van der Waals surface area (Å²) in [4.78, 5) is 29.6. The van der Waals surface area contributed by atoms with Crippen LogP contribution in [0.25, 0.3) is 11.3 Å². The smallest absolute Gasteiger partial charge is 0.261 e. The Bertz CT molecular complexity index is 590. The van der Waals surface area contributed by atoms with Crippen LogP contribution in [0, 0.1) is 0 Å². The zero-order chi connectivity index (χ0) is 12.3. The largest absolute Gasteiger partial charge is 0.355 e. The van der Waals surface area contributed by atoms with Gasteiger partial charge in [0, 0.05) is 30.7 Å². The van der Waals surface area contributed by atoms with Gasteiger partial charge in [-0.1, -0.05) is 0 Å². The molecular weight excluding hydrogens is 218 g/mol. The molecule has 17 heavy (non-hydrogen) atoms. The Balaban J connectivity index is 2.45. The molecule has 5 nitrogen and oxygen atoms in total. The van der Waals surface area contributed by atoms with Crippen molar-refractivity contribution in [2.75, 3.05) is 7.05 Å². The first-order valence-electron chi connectivity index (χ1n) is 5.08. The Morgan fingerprint density at radius 1 is 1.24 bits per heavy atom. The van der Waals surface area contributed by atoms with Crippen molar-refractivity contribution in [2.45, 2.75) is 0 Å². The highest BCUT2D eigenvalue weighted by molar-refractivity contribution is 5.93. The van der Waals surface area contributed by atoms with E-state index in [2.05, 4.69) is 15.3 Å². The maximum atomic E-state index is 11.7. The molecule has 0 unspecified atom stereocenters. The van der Waals surface area contributed by atoms with Crippen molar-refractivity contribution in [3.05, 3.63) is 52.6 Å². The molecule has 0 saturated carbocycles.